The number of benzene rings is 1. The lowest BCUT2D eigenvalue weighted by atomic mass is 10.3. The lowest BCUT2D eigenvalue weighted by molar-refractivity contribution is 0.528. The molecule has 0 saturated carbocycles. The fourth-order valence-corrected chi connectivity index (χ4v) is 4.84. The first kappa shape index (κ1) is 17.1. The normalized spacial score (nSPS) is 13.7. The number of nitrogens with one attached hydrogen (secondary N) is 1. The van der Waals surface area contributed by atoms with E-state index in [0.717, 1.165) is 15.2 Å². The zero-order chi connectivity index (χ0) is 17.5. The number of sulfonamides is 1. The Hall–Kier alpha value is -1.77. The second-order valence-electron chi connectivity index (χ2n) is 6.02. The zero-order valence-corrected chi connectivity index (χ0v) is 15.6. The van der Waals surface area contributed by atoms with Crippen molar-refractivity contribution in [2.75, 3.05) is 0 Å². The summed E-state index contributed by atoms with van der Waals surface area (Å²) in [7, 11) is -3.66. The Morgan fingerprint density at radius 2 is 1.92 bits per heavy atom. The Labute approximate surface area is 145 Å². The molecule has 0 fully saturated rings. The number of nitrogens with zero attached hydrogens (tertiary/aromatic N) is 3. The number of thiazole rings is 1. The summed E-state index contributed by atoms with van der Waals surface area (Å²) in [4.78, 5) is 4.73. The number of fused-ring (bicyclic) bond motifs is 1. The van der Waals surface area contributed by atoms with Crippen LogP contribution in [0.5, 0.6) is 0 Å². The lowest BCUT2D eigenvalue weighted by Gasteiger charge is -2.11. The average Bonchev–Trinajstić information content (AvgIpc) is 3.10. The predicted molar refractivity (Wildman–Crippen MR) is 95.7 cm³/mol. The molecule has 0 saturated heterocycles. The summed E-state index contributed by atoms with van der Waals surface area (Å²) in [5.74, 6) is 0. The highest BCUT2D eigenvalue weighted by atomic mass is 32.2. The van der Waals surface area contributed by atoms with Crippen LogP contribution in [0.3, 0.4) is 0 Å². The van der Waals surface area contributed by atoms with Gasteiger partial charge >= 0.3 is 0 Å². The first-order valence-electron chi connectivity index (χ1n) is 7.71. The number of aryl methyl sites for hydroxylation is 1. The summed E-state index contributed by atoms with van der Waals surface area (Å²) in [6.45, 7) is 7.42. The Morgan fingerprint density at radius 1 is 1.21 bits per heavy atom. The first-order chi connectivity index (χ1) is 11.3. The molecular weight excluding hydrogens is 344 g/mol. The van der Waals surface area contributed by atoms with Gasteiger partial charge in [-0.25, -0.2) is 18.1 Å². The molecule has 0 aliphatic heterocycles. The second-order valence-corrected chi connectivity index (χ2v) is 8.76. The molecule has 8 heteroatoms. The molecular formula is C16H20N4O2S2. The summed E-state index contributed by atoms with van der Waals surface area (Å²) in [6, 6.07) is 7.47. The maximum atomic E-state index is 12.7. The van der Waals surface area contributed by atoms with Gasteiger partial charge in [-0.05, 0) is 39.8 Å². The summed E-state index contributed by atoms with van der Waals surface area (Å²) >= 11 is 1.50. The van der Waals surface area contributed by atoms with Gasteiger partial charge in [0.1, 0.15) is 9.90 Å². The Morgan fingerprint density at radius 3 is 2.54 bits per heavy atom. The fourth-order valence-electron chi connectivity index (χ4n) is 2.42. The van der Waals surface area contributed by atoms with E-state index >= 15 is 0 Å². The standard InChI is InChI=1S/C16H20N4O2S2/c1-10(2)20-9-15(11(3)18-20)24(21,22)19-12(4)16-17-13-7-5-6-8-14(13)23-16/h5-10,12,19H,1-4H3/t12-/m0/s1. The molecule has 3 rings (SSSR count). The quantitative estimate of drug-likeness (QED) is 0.752. The van der Waals surface area contributed by atoms with Crippen LogP contribution in [0.1, 0.15) is 43.6 Å². The molecule has 0 spiro atoms. The molecule has 2 heterocycles. The molecule has 0 bridgehead atoms. The van der Waals surface area contributed by atoms with Crippen molar-refractivity contribution < 1.29 is 8.42 Å². The minimum Gasteiger partial charge on any atom is -0.269 e. The smallest absolute Gasteiger partial charge is 0.244 e. The molecule has 1 atom stereocenters. The number of para-hydroxylation sites is 1. The van der Waals surface area contributed by atoms with Crippen LogP contribution >= 0.6 is 11.3 Å². The van der Waals surface area contributed by atoms with Gasteiger partial charge in [-0.2, -0.15) is 5.10 Å². The van der Waals surface area contributed by atoms with Gasteiger partial charge in [0.2, 0.25) is 10.0 Å². The third-order valence-corrected chi connectivity index (χ3v) is 6.57. The van der Waals surface area contributed by atoms with Crippen molar-refractivity contribution in [3.63, 3.8) is 0 Å². The van der Waals surface area contributed by atoms with Gasteiger partial charge in [-0.15, -0.1) is 11.3 Å². The molecule has 0 unspecified atom stereocenters. The van der Waals surface area contributed by atoms with Crippen molar-refractivity contribution in [1.82, 2.24) is 19.5 Å². The van der Waals surface area contributed by atoms with E-state index < -0.39 is 16.1 Å². The molecule has 0 aliphatic carbocycles. The number of hydrogen-bond donors (Lipinski definition) is 1. The van der Waals surface area contributed by atoms with Crippen molar-refractivity contribution in [1.29, 1.82) is 0 Å². The highest BCUT2D eigenvalue weighted by Gasteiger charge is 2.25. The minimum absolute atomic E-state index is 0.106. The van der Waals surface area contributed by atoms with Crippen LogP contribution in [-0.4, -0.2) is 23.2 Å². The van der Waals surface area contributed by atoms with Crippen LogP contribution < -0.4 is 4.72 Å². The Kier molecular flexibility index (Phi) is 4.46. The SMILES string of the molecule is Cc1nn(C(C)C)cc1S(=O)(=O)N[C@@H](C)c1nc2ccccc2s1. The molecule has 1 N–H and O–H groups in total. The van der Waals surface area contributed by atoms with Gasteiger partial charge in [-0.3, -0.25) is 4.68 Å². The van der Waals surface area contributed by atoms with Gasteiger partial charge < -0.3 is 0 Å². The van der Waals surface area contributed by atoms with Crippen LogP contribution in [-0.2, 0) is 10.0 Å². The first-order valence-corrected chi connectivity index (χ1v) is 10.0. The second kappa shape index (κ2) is 6.27. The van der Waals surface area contributed by atoms with Crippen molar-refractivity contribution in [3.05, 3.63) is 41.2 Å². The predicted octanol–water partition coefficient (Wildman–Crippen LogP) is 3.42. The van der Waals surface area contributed by atoms with Crippen LogP contribution in [0.4, 0.5) is 0 Å². The summed E-state index contributed by atoms with van der Waals surface area (Å²) in [5, 5.41) is 5.02. The molecule has 1 aromatic carbocycles. The number of hydrogen-bond acceptors (Lipinski definition) is 5. The van der Waals surface area contributed by atoms with Crippen molar-refractivity contribution >= 4 is 31.6 Å². The Balaban J connectivity index is 1.88. The van der Waals surface area contributed by atoms with Crippen LogP contribution in [0.25, 0.3) is 10.2 Å². The summed E-state index contributed by atoms with van der Waals surface area (Å²) in [6.07, 6.45) is 1.58. The topological polar surface area (TPSA) is 76.9 Å². The number of aromatic nitrogens is 3. The van der Waals surface area contributed by atoms with Crippen molar-refractivity contribution in [2.45, 2.75) is 44.7 Å². The molecule has 2 aromatic heterocycles. The maximum absolute atomic E-state index is 12.7. The lowest BCUT2D eigenvalue weighted by Crippen LogP contribution is -2.27. The van der Waals surface area contributed by atoms with Gasteiger partial charge in [0.15, 0.2) is 0 Å². The van der Waals surface area contributed by atoms with Gasteiger partial charge in [0.25, 0.3) is 0 Å². The molecule has 24 heavy (non-hydrogen) atoms. The number of rotatable bonds is 5. The largest absolute Gasteiger partial charge is 0.269 e. The minimum atomic E-state index is -3.66. The molecule has 0 radical (unpaired) electrons. The monoisotopic (exact) mass is 364 g/mol. The van der Waals surface area contributed by atoms with Crippen molar-refractivity contribution in [2.24, 2.45) is 0 Å². The van der Waals surface area contributed by atoms with Crippen LogP contribution in [0, 0.1) is 6.92 Å². The molecule has 3 aromatic rings. The van der Waals surface area contributed by atoms with E-state index in [-0.39, 0.29) is 10.9 Å². The highest BCUT2D eigenvalue weighted by molar-refractivity contribution is 7.89. The third kappa shape index (κ3) is 3.22. The van der Waals surface area contributed by atoms with Gasteiger partial charge in [-0.1, -0.05) is 12.1 Å². The zero-order valence-electron chi connectivity index (χ0n) is 14.0. The molecule has 128 valence electrons. The fraction of sp³-hybridized carbons (Fsp3) is 0.375. The molecule has 6 nitrogen and oxygen atoms in total. The molecule has 0 aliphatic rings. The average molecular weight is 364 g/mol. The van der Waals surface area contributed by atoms with E-state index in [4.69, 9.17) is 0 Å². The molecule has 0 amide bonds. The maximum Gasteiger partial charge on any atom is 0.244 e. The van der Waals surface area contributed by atoms with E-state index in [1.807, 2.05) is 38.1 Å². The van der Waals surface area contributed by atoms with Gasteiger partial charge in [0.05, 0.1) is 22.0 Å². The van der Waals surface area contributed by atoms with E-state index in [0.29, 0.717) is 5.69 Å². The van der Waals surface area contributed by atoms with Gasteiger partial charge in [0, 0.05) is 12.2 Å². The van der Waals surface area contributed by atoms with Crippen LogP contribution in [0.15, 0.2) is 35.4 Å². The van der Waals surface area contributed by atoms with Crippen molar-refractivity contribution in [3.8, 4) is 0 Å². The Bertz CT molecular complexity index is 940. The van der Waals surface area contributed by atoms with E-state index in [1.54, 1.807) is 24.7 Å². The third-order valence-electron chi connectivity index (χ3n) is 3.70. The summed E-state index contributed by atoms with van der Waals surface area (Å²) in [5.41, 5.74) is 1.38. The van der Waals surface area contributed by atoms with E-state index in [9.17, 15) is 8.42 Å². The van der Waals surface area contributed by atoms with Crippen LogP contribution in [0.2, 0.25) is 0 Å². The highest BCUT2D eigenvalue weighted by Crippen LogP contribution is 2.27. The van der Waals surface area contributed by atoms with E-state index in [1.165, 1.54) is 11.3 Å². The van der Waals surface area contributed by atoms with E-state index in [2.05, 4.69) is 14.8 Å². The summed E-state index contributed by atoms with van der Waals surface area (Å²) < 4.78 is 30.8.